The van der Waals surface area contributed by atoms with Crippen molar-refractivity contribution >= 4 is 11.9 Å². The molecular formula is C17H23NO3. The third kappa shape index (κ3) is 3.63. The van der Waals surface area contributed by atoms with Gasteiger partial charge in [0.25, 0.3) is 0 Å². The fourth-order valence-corrected chi connectivity index (χ4v) is 3.05. The van der Waals surface area contributed by atoms with Gasteiger partial charge in [0, 0.05) is 13.1 Å². The van der Waals surface area contributed by atoms with E-state index >= 15 is 0 Å². The van der Waals surface area contributed by atoms with E-state index in [1.807, 2.05) is 44.2 Å². The second-order valence-corrected chi connectivity index (χ2v) is 6.09. The van der Waals surface area contributed by atoms with E-state index in [4.69, 9.17) is 5.11 Å². The molecule has 0 aromatic heterocycles. The number of benzene rings is 1. The van der Waals surface area contributed by atoms with Crippen LogP contribution >= 0.6 is 0 Å². The normalized spacial score (nSPS) is 20.3. The number of aliphatic carboxylic acids is 1. The van der Waals surface area contributed by atoms with E-state index in [9.17, 15) is 9.59 Å². The summed E-state index contributed by atoms with van der Waals surface area (Å²) in [5, 5.41) is 9.16. The zero-order chi connectivity index (χ0) is 15.4. The first-order chi connectivity index (χ1) is 10.0. The summed E-state index contributed by atoms with van der Waals surface area (Å²) < 4.78 is 0. The molecule has 2 rings (SSSR count). The second-order valence-electron chi connectivity index (χ2n) is 6.09. The van der Waals surface area contributed by atoms with Crippen molar-refractivity contribution in [3.8, 4) is 0 Å². The molecule has 4 nitrogen and oxygen atoms in total. The molecular weight excluding hydrogens is 266 g/mol. The summed E-state index contributed by atoms with van der Waals surface area (Å²) in [7, 11) is 0. The first kappa shape index (κ1) is 15.5. The van der Waals surface area contributed by atoms with Crippen molar-refractivity contribution in [2.75, 3.05) is 13.1 Å². The van der Waals surface area contributed by atoms with Crippen molar-refractivity contribution in [1.82, 2.24) is 4.90 Å². The van der Waals surface area contributed by atoms with Gasteiger partial charge in [0.15, 0.2) is 0 Å². The van der Waals surface area contributed by atoms with E-state index < -0.39 is 11.9 Å². The van der Waals surface area contributed by atoms with E-state index in [0.29, 0.717) is 19.5 Å². The topological polar surface area (TPSA) is 57.6 Å². The highest BCUT2D eigenvalue weighted by Crippen LogP contribution is 2.29. The predicted octanol–water partition coefficient (Wildman–Crippen LogP) is 2.75. The van der Waals surface area contributed by atoms with E-state index in [0.717, 1.165) is 12.0 Å². The van der Waals surface area contributed by atoms with E-state index in [1.165, 1.54) is 0 Å². The molecule has 1 heterocycles. The molecule has 1 amide bonds. The maximum absolute atomic E-state index is 12.8. The second kappa shape index (κ2) is 6.74. The fraction of sp³-hybridized carbons (Fsp3) is 0.529. The molecule has 0 radical (unpaired) electrons. The van der Waals surface area contributed by atoms with Crippen molar-refractivity contribution in [1.29, 1.82) is 0 Å². The van der Waals surface area contributed by atoms with Gasteiger partial charge in [-0.15, -0.1) is 0 Å². The average molecular weight is 289 g/mol. The summed E-state index contributed by atoms with van der Waals surface area (Å²) in [6.07, 6.45) is 1.43. The van der Waals surface area contributed by atoms with Crippen molar-refractivity contribution < 1.29 is 14.7 Å². The molecule has 0 saturated carbocycles. The standard InChI is InChI=1S/C17H23NO3/c1-12(2)15(13-7-4-3-5-8-13)16(19)18-10-6-9-14(11-18)17(20)21/h3-5,7-8,12,14-15H,6,9-11H2,1-2H3,(H,20,21). The van der Waals surface area contributed by atoms with Crippen LogP contribution in [0, 0.1) is 11.8 Å². The molecule has 1 fully saturated rings. The van der Waals surface area contributed by atoms with Gasteiger partial charge in [-0.3, -0.25) is 9.59 Å². The summed E-state index contributed by atoms with van der Waals surface area (Å²) in [5.41, 5.74) is 1.01. The molecule has 2 unspecified atom stereocenters. The molecule has 2 atom stereocenters. The first-order valence-electron chi connectivity index (χ1n) is 7.57. The molecule has 1 aromatic rings. The van der Waals surface area contributed by atoms with Crippen LogP contribution in [0.3, 0.4) is 0 Å². The lowest BCUT2D eigenvalue weighted by Crippen LogP contribution is -2.45. The third-order valence-electron chi connectivity index (χ3n) is 4.17. The minimum atomic E-state index is -0.798. The number of amides is 1. The Morgan fingerprint density at radius 1 is 1.24 bits per heavy atom. The lowest BCUT2D eigenvalue weighted by Gasteiger charge is -2.34. The number of nitrogens with zero attached hydrogens (tertiary/aromatic N) is 1. The summed E-state index contributed by atoms with van der Waals surface area (Å²) >= 11 is 0. The fourth-order valence-electron chi connectivity index (χ4n) is 3.05. The minimum Gasteiger partial charge on any atom is -0.481 e. The highest BCUT2D eigenvalue weighted by atomic mass is 16.4. The molecule has 0 spiro atoms. The van der Waals surface area contributed by atoms with Crippen LogP contribution in [0.15, 0.2) is 30.3 Å². The lowest BCUT2D eigenvalue weighted by atomic mass is 9.86. The van der Waals surface area contributed by atoms with Crippen LogP contribution in [-0.2, 0) is 9.59 Å². The SMILES string of the molecule is CC(C)C(C(=O)N1CCCC(C(=O)O)C1)c1ccccc1. The van der Waals surface area contributed by atoms with Crippen molar-refractivity contribution in [3.05, 3.63) is 35.9 Å². The van der Waals surface area contributed by atoms with Gasteiger partial charge in [-0.05, 0) is 24.3 Å². The Bertz CT molecular complexity index is 498. The summed E-state index contributed by atoms with van der Waals surface area (Å²) in [4.78, 5) is 25.7. The number of carbonyl (C=O) groups is 2. The van der Waals surface area contributed by atoms with Gasteiger partial charge in [0.05, 0.1) is 11.8 Å². The molecule has 0 bridgehead atoms. The number of carbonyl (C=O) groups excluding carboxylic acids is 1. The van der Waals surface area contributed by atoms with Crippen LogP contribution in [0.25, 0.3) is 0 Å². The molecule has 4 heteroatoms. The van der Waals surface area contributed by atoms with Crippen LogP contribution < -0.4 is 0 Å². The number of likely N-dealkylation sites (tertiary alicyclic amines) is 1. The molecule has 1 aromatic carbocycles. The van der Waals surface area contributed by atoms with Gasteiger partial charge >= 0.3 is 5.97 Å². The van der Waals surface area contributed by atoms with Crippen LogP contribution in [0.4, 0.5) is 0 Å². The van der Waals surface area contributed by atoms with Gasteiger partial charge < -0.3 is 10.0 Å². The largest absolute Gasteiger partial charge is 0.481 e. The maximum Gasteiger partial charge on any atom is 0.308 e. The number of carboxylic acids is 1. The van der Waals surface area contributed by atoms with Crippen LogP contribution in [0.2, 0.25) is 0 Å². The Hall–Kier alpha value is -1.84. The predicted molar refractivity (Wildman–Crippen MR) is 81.0 cm³/mol. The summed E-state index contributed by atoms with van der Waals surface area (Å²) in [6, 6.07) is 9.76. The number of hydrogen-bond acceptors (Lipinski definition) is 2. The summed E-state index contributed by atoms with van der Waals surface area (Å²) in [6.45, 7) is 5.07. The number of piperidine rings is 1. The third-order valence-corrected chi connectivity index (χ3v) is 4.17. The first-order valence-corrected chi connectivity index (χ1v) is 7.57. The lowest BCUT2D eigenvalue weighted by molar-refractivity contribution is -0.146. The van der Waals surface area contributed by atoms with Crippen LogP contribution in [0.1, 0.15) is 38.2 Å². The highest BCUT2D eigenvalue weighted by Gasteiger charge is 2.33. The molecule has 114 valence electrons. The maximum atomic E-state index is 12.8. The van der Waals surface area contributed by atoms with Crippen molar-refractivity contribution in [3.63, 3.8) is 0 Å². The Kier molecular flexibility index (Phi) is 4.99. The molecule has 1 N–H and O–H groups in total. The zero-order valence-corrected chi connectivity index (χ0v) is 12.7. The van der Waals surface area contributed by atoms with Crippen LogP contribution in [-0.4, -0.2) is 35.0 Å². The highest BCUT2D eigenvalue weighted by molar-refractivity contribution is 5.84. The minimum absolute atomic E-state index is 0.0575. The van der Waals surface area contributed by atoms with Crippen molar-refractivity contribution in [2.45, 2.75) is 32.6 Å². The molecule has 1 aliphatic heterocycles. The van der Waals surface area contributed by atoms with Gasteiger partial charge in [-0.1, -0.05) is 44.2 Å². The Balaban J connectivity index is 2.17. The molecule has 1 saturated heterocycles. The zero-order valence-electron chi connectivity index (χ0n) is 12.7. The number of rotatable bonds is 4. The average Bonchev–Trinajstić information content (AvgIpc) is 2.48. The number of carboxylic acid groups (broad SMARTS) is 1. The Morgan fingerprint density at radius 2 is 1.90 bits per heavy atom. The van der Waals surface area contributed by atoms with Gasteiger partial charge in [-0.25, -0.2) is 0 Å². The van der Waals surface area contributed by atoms with Crippen LogP contribution in [0.5, 0.6) is 0 Å². The Labute approximate surface area is 125 Å². The van der Waals surface area contributed by atoms with E-state index in [-0.39, 0.29) is 17.7 Å². The number of hydrogen-bond donors (Lipinski definition) is 1. The monoisotopic (exact) mass is 289 g/mol. The molecule has 0 aliphatic carbocycles. The van der Waals surface area contributed by atoms with E-state index in [2.05, 4.69) is 0 Å². The van der Waals surface area contributed by atoms with Crippen molar-refractivity contribution in [2.24, 2.45) is 11.8 Å². The Morgan fingerprint density at radius 3 is 2.48 bits per heavy atom. The molecule has 1 aliphatic rings. The molecule has 21 heavy (non-hydrogen) atoms. The van der Waals surface area contributed by atoms with Gasteiger partial charge in [-0.2, -0.15) is 0 Å². The smallest absolute Gasteiger partial charge is 0.308 e. The van der Waals surface area contributed by atoms with E-state index in [1.54, 1.807) is 4.90 Å². The van der Waals surface area contributed by atoms with Gasteiger partial charge in [0.1, 0.15) is 0 Å². The van der Waals surface area contributed by atoms with Gasteiger partial charge in [0.2, 0.25) is 5.91 Å². The quantitative estimate of drug-likeness (QED) is 0.927. The summed E-state index contributed by atoms with van der Waals surface area (Å²) in [5.74, 6) is -1.18.